The van der Waals surface area contributed by atoms with Crippen LogP contribution in [0.4, 0.5) is 0 Å². The zero-order valence-electron chi connectivity index (χ0n) is 16.7. The third kappa shape index (κ3) is 11.6. The van der Waals surface area contributed by atoms with Gasteiger partial charge in [-0.05, 0) is 41.1 Å². The predicted molar refractivity (Wildman–Crippen MR) is 113 cm³/mol. The summed E-state index contributed by atoms with van der Waals surface area (Å²) in [5, 5.41) is 2.65. The van der Waals surface area contributed by atoms with Crippen LogP contribution in [0.25, 0.3) is 0 Å². The summed E-state index contributed by atoms with van der Waals surface area (Å²) in [4.78, 5) is 23.7. The van der Waals surface area contributed by atoms with Gasteiger partial charge in [0.15, 0.2) is 0 Å². The lowest BCUT2D eigenvalue weighted by Gasteiger charge is -2.33. The van der Waals surface area contributed by atoms with E-state index in [9.17, 15) is 9.59 Å². The molecule has 4 nitrogen and oxygen atoms in total. The molecule has 3 atom stereocenters. The van der Waals surface area contributed by atoms with Crippen LogP contribution in [-0.4, -0.2) is 25.0 Å². The first kappa shape index (κ1) is 24.4. The summed E-state index contributed by atoms with van der Waals surface area (Å²) in [5.74, 6) is 0.319. The average Bonchev–Trinajstić information content (AvgIpc) is 2.53. The summed E-state index contributed by atoms with van der Waals surface area (Å²) in [6.45, 7) is 10.5. The average molecular weight is 465 g/mol. The fraction of sp³-hybridized carbons (Fsp3) is 0.800. The Kier molecular flexibility index (Phi) is 12.4. The van der Waals surface area contributed by atoms with E-state index >= 15 is 0 Å². The number of amides is 1. The number of rotatable bonds is 11. The Bertz CT molecular complexity index is 429. The van der Waals surface area contributed by atoms with Crippen LogP contribution in [0.1, 0.15) is 73.1 Å². The fourth-order valence-electron chi connectivity index (χ4n) is 2.58. The molecule has 0 saturated carbocycles. The fourth-order valence-corrected chi connectivity index (χ4v) is 2.94. The van der Waals surface area contributed by atoms with E-state index in [1.807, 2.05) is 11.0 Å². The molecule has 1 N–H and O–H groups in total. The lowest BCUT2D eigenvalue weighted by molar-refractivity contribution is -0.160. The standard InChI is InChI=1S/C20H36INO3/c1-15(10-9-12-18(23)22-6)14-17(20(3,4)5)25-19(24)16(2)11-7-8-13-21/h8,13,15-17H,7,9-12,14H2,1-6H3,(H,22,23)/b13-8+/t15-,16-,17-/m1/s1. The molecule has 25 heavy (non-hydrogen) atoms. The van der Waals surface area contributed by atoms with Gasteiger partial charge in [-0.15, -0.1) is 0 Å². The van der Waals surface area contributed by atoms with Crippen molar-refractivity contribution in [2.24, 2.45) is 17.3 Å². The Labute approximate surface area is 167 Å². The smallest absolute Gasteiger partial charge is 0.308 e. The van der Waals surface area contributed by atoms with E-state index in [2.05, 4.69) is 61.7 Å². The van der Waals surface area contributed by atoms with Gasteiger partial charge >= 0.3 is 5.97 Å². The normalized spacial score (nSPS) is 15.6. The summed E-state index contributed by atoms with van der Waals surface area (Å²) in [6, 6.07) is 0. The summed E-state index contributed by atoms with van der Waals surface area (Å²) in [7, 11) is 1.66. The van der Waals surface area contributed by atoms with Gasteiger partial charge in [-0.2, -0.15) is 0 Å². The minimum atomic E-state index is -0.0995. The van der Waals surface area contributed by atoms with Gasteiger partial charge in [0.25, 0.3) is 0 Å². The van der Waals surface area contributed by atoms with Crippen LogP contribution < -0.4 is 5.32 Å². The monoisotopic (exact) mass is 465 g/mol. The number of nitrogens with one attached hydrogen (secondary N) is 1. The summed E-state index contributed by atoms with van der Waals surface area (Å²) in [6.07, 6.45) is 6.91. The zero-order chi connectivity index (χ0) is 19.5. The van der Waals surface area contributed by atoms with E-state index in [1.165, 1.54) is 0 Å². The lowest BCUT2D eigenvalue weighted by atomic mass is 9.82. The van der Waals surface area contributed by atoms with Crippen molar-refractivity contribution in [3.8, 4) is 0 Å². The second-order valence-electron chi connectivity index (χ2n) is 8.04. The first-order valence-electron chi connectivity index (χ1n) is 9.28. The summed E-state index contributed by atoms with van der Waals surface area (Å²) in [5.41, 5.74) is -0.0907. The molecule has 0 aliphatic heterocycles. The van der Waals surface area contributed by atoms with Crippen LogP contribution in [0.2, 0.25) is 0 Å². The van der Waals surface area contributed by atoms with E-state index in [1.54, 1.807) is 7.05 Å². The second-order valence-corrected chi connectivity index (χ2v) is 8.76. The molecule has 0 spiro atoms. The van der Waals surface area contributed by atoms with Crippen LogP contribution in [0, 0.1) is 17.3 Å². The largest absolute Gasteiger partial charge is 0.462 e. The molecule has 0 bridgehead atoms. The van der Waals surface area contributed by atoms with Crippen LogP contribution in [0.5, 0.6) is 0 Å². The number of halogens is 1. The molecule has 146 valence electrons. The number of ether oxygens (including phenoxy) is 1. The molecule has 0 aromatic rings. The molecular formula is C20H36INO3. The van der Waals surface area contributed by atoms with E-state index in [4.69, 9.17) is 4.74 Å². The topological polar surface area (TPSA) is 55.4 Å². The molecule has 0 unspecified atom stereocenters. The maximum Gasteiger partial charge on any atom is 0.308 e. The van der Waals surface area contributed by atoms with Gasteiger partial charge in [-0.25, -0.2) is 0 Å². The Morgan fingerprint density at radius 2 is 1.84 bits per heavy atom. The molecule has 1 amide bonds. The summed E-state index contributed by atoms with van der Waals surface area (Å²) < 4.78 is 7.86. The van der Waals surface area contributed by atoms with Gasteiger partial charge in [0.1, 0.15) is 6.10 Å². The Hall–Kier alpha value is -0.590. The maximum absolute atomic E-state index is 12.4. The lowest BCUT2D eigenvalue weighted by Crippen LogP contribution is -2.35. The molecule has 0 aliphatic carbocycles. The molecular weight excluding hydrogens is 429 g/mol. The van der Waals surface area contributed by atoms with Gasteiger partial charge in [0.2, 0.25) is 5.91 Å². The van der Waals surface area contributed by atoms with Gasteiger partial charge in [0, 0.05) is 13.5 Å². The predicted octanol–water partition coefficient (Wildman–Crippen LogP) is 5.25. The highest BCUT2D eigenvalue weighted by Gasteiger charge is 2.31. The number of allylic oxidation sites excluding steroid dienone is 1. The Balaban J connectivity index is 4.54. The molecule has 0 fully saturated rings. The molecule has 0 radical (unpaired) electrons. The third-order valence-corrected chi connectivity index (χ3v) is 4.99. The number of hydrogen-bond donors (Lipinski definition) is 1. The highest BCUT2D eigenvalue weighted by molar-refractivity contribution is 14.1. The van der Waals surface area contributed by atoms with Crippen molar-refractivity contribution in [3.05, 3.63) is 10.2 Å². The van der Waals surface area contributed by atoms with E-state index in [0.29, 0.717) is 12.3 Å². The van der Waals surface area contributed by atoms with Crippen molar-refractivity contribution in [2.45, 2.75) is 79.2 Å². The van der Waals surface area contributed by atoms with Crippen molar-refractivity contribution in [2.75, 3.05) is 7.05 Å². The van der Waals surface area contributed by atoms with Crippen LogP contribution >= 0.6 is 22.6 Å². The number of esters is 1. The third-order valence-electron chi connectivity index (χ3n) is 4.48. The van der Waals surface area contributed by atoms with Crippen LogP contribution in [0.3, 0.4) is 0 Å². The van der Waals surface area contributed by atoms with Crippen molar-refractivity contribution in [3.63, 3.8) is 0 Å². The molecule has 5 heteroatoms. The molecule has 0 heterocycles. The van der Waals surface area contributed by atoms with E-state index in [0.717, 1.165) is 32.1 Å². The van der Waals surface area contributed by atoms with Crippen molar-refractivity contribution < 1.29 is 14.3 Å². The molecule has 0 aliphatic rings. The zero-order valence-corrected chi connectivity index (χ0v) is 18.9. The van der Waals surface area contributed by atoms with Crippen molar-refractivity contribution in [1.29, 1.82) is 0 Å². The minimum Gasteiger partial charge on any atom is -0.462 e. The van der Waals surface area contributed by atoms with Gasteiger partial charge in [0.05, 0.1) is 5.92 Å². The van der Waals surface area contributed by atoms with Gasteiger partial charge in [-0.3, -0.25) is 9.59 Å². The number of carbonyl (C=O) groups is 2. The maximum atomic E-state index is 12.4. The first-order chi connectivity index (χ1) is 11.6. The molecule has 0 aromatic carbocycles. The number of carbonyl (C=O) groups excluding carboxylic acids is 2. The summed E-state index contributed by atoms with van der Waals surface area (Å²) >= 11 is 2.19. The van der Waals surface area contributed by atoms with Gasteiger partial charge < -0.3 is 10.1 Å². The second kappa shape index (κ2) is 12.7. The molecule has 0 rings (SSSR count). The van der Waals surface area contributed by atoms with E-state index in [-0.39, 0.29) is 29.3 Å². The van der Waals surface area contributed by atoms with Crippen LogP contribution in [-0.2, 0) is 14.3 Å². The Morgan fingerprint density at radius 1 is 1.20 bits per heavy atom. The highest BCUT2D eigenvalue weighted by Crippen LogP contribution is 2.30. The molecule has 0 saturated heterocycles. The minimum absolute atomic E-state index is 0.0824. The SMILES string of the molecule is CNC(=O)CCC[C@@H](C)C[C@@H](OC(=O)[C@H](C)CC/C=C/I)C(C)(C)C. The quantitative estimate of drug-likeness (QED) is 0.335. The van der Waals surface area contributed by atoms with E-state index < -0.39 is 0 Å². The number of hydrogen-bond acceptors (Lipinski definition) is 3. The van der Waals surface area contributed by atoms with Crippen molar-refractivity contribution >= 4 is 34.5 Å². The molecule has 0 aromatic heterocycles. The first-order valence-corrected chi connectivity index (χ1v) is 10.5. The highest BCUT2D eigenvalue weighted by atomic mass is 127. The van der Waals surface area contributed by atoms with Crippen molar-refractivity contribution in [1.82, 2.24) is 5.32 Å². The van der Waals surface area contributed by atoms with Gasteiger partial charge in [-0.1, -0.05) is 69.7 Å². The Morgan fingerprint density at radius 3 is 2.36 bits per heavy atom. The van der Waals surface area contributed by atoms with Crippen LogP contribution in [0.15, 0.2) is 10.2 Å².